The number of nitrogen functional groups attached to an aromatic ring is 1. The van der Waals surface area contributed by atoms with E-state index >= 15 is 0 Å². The maximum atomic E-state index is 13.6. The van der Waals surface area contributed by atoms with Gasteiger partial charge in [-0.15, -0.1) is 0 Å². The molecule has 0 aliphatic heterocycles. The molecular formula is C12H12FN5O2. The molecule has 0 aliphatic rings. The first-order chi connectivity index (χ1) is 9.50. The van der Waals surface area contributed by atoms with Crippen LogP contribution in [-0.4, -0.2) is 14.9 Å². The number of halogens is 1. The van der Waals surface area contributed by atoms with E-state index in [2.05, 4.69) is 15.3 Å². The van der Waals surface area contributed by atoms with E-state index in [4.69, 9.17) is 5.73 Å². The molecule has 104 valence electrons. The molecule has 1 aromatic heterocycles. The first kappa shape index (κ1) is 13.7. The zero-order chi connectivity index (χ0) is 14.7. The third kappa shape index (κ3) is 2.63. The monoisotopic (exact) mass is 277 g/mol. The number of benzene rings is 1. The van der Waals surface area contributed by atoms with Crippen molar-refractivity contribution in [2.75, 3.05) is 11.1 Å². The minimum absolute atomic E-state index is 0.0433. The molecule has 8 heteroatoms. The van der Waals surface area contributed by atoms with E-state index in [0.29, 0.717) is 5.56 Å². The average Bonchev–Trinajstić information content (AvgIpc) is 2.38. The second kappa shape index (κ2) is 5.47. The third-order valence-corrected chi connectivity index (χ3v) is 2.76. The van der Waals surface area contributed by atoms with Gasteiger partial charge in [0.1, 0.15) is 12.1 Å². The van der Waals surface area contributed by atoms with Crippen LogP contribution in [-0.2, 0) is 0 Å². The van der Waals surface area contributed by atoms with Crippen LogP contribution in [0.4, 0.5) is 21.7 Å². The Morgan fingerprint density at radius 2 is 2.10 bits per heavy atom. The molecule has 1 atom stereocenters. The van der Waals surface area contributed by atoms with Crippen molar-refractivity contribution >= 4 is 17.3 Å². The number of anilines is 2. The summed E-state index contributed by atoms with van der Waals surface area (Å²) in [4.78, 5) is 17.6. The number of nitrogens with zero attached hydrogens (tertiary/aromatic N) is 3. The van der Waals surface area contributed by atoms with Crippen LogP contribution in [0.1, 0.15) is 18.5 Å². The largest absolute Gasteiger partial charge is 0.378 e. The van der Waals surface area contributed by atoms with Crippen LogP contribution in [0.3, 0.4) is 0 Å². The van der Waals surface area contributed by atoms with Crippen LogP contribution < -0.4 is 11.1 Å². The topological polar surface area (TPSA) is 107 Å². The molecule has 0 amide bonds. The Hall–Kier alpha value is -2.77. The second-order valence-corrected chi connectivity index (χ2v) is 4.10. The van der Waals surface area contributed by atoms with Crippen molar-refractivity contribution in [1.82, 2.24) is 9.97 Å². The first-order valence-electron chi connectivity index (χ1n) is 5.76. The molecule has 0 bridgehead atoms. The van der Waals surface area contributed by atoms with Crippen molar-refractivity contribution in [3.63, 3.8) is 0 Å². The highest BCUT2D eigenvalue weighted by molar-refractivity contribution is 5.67. The summed E-state index contributed by atoms with van der Waals surface area (Å²) in [7, 11) is 0. The molecule has 3 N–H and O–H groups in total. The van der Waals surface area contributed by atoms with E-state index in [1.54, 1.807) is 25.1 Å². The zero-order valence-corrected chi connectivity index (χ0v) is 10.6. The van der Waals surface area contributed by atoms with Crippen molar-refractivity contribution in [2.24, 2.45) is 0 Å². The van der Waals surface area contributed by atoms with Gasteiger partial charge in [-0.3, -0.25) is 10.1 Å². The van der Waals surface area contributed by atoms with E-state index in [-0.39, 0.29) is 11.6 Å². The third-order valence-electron chi connectivity index (χ3n) is 2.76. The lowest BCUT2D eigenvalue weighted by atomic mass is 10.1. The van der Waals surface area contributed by atoms with Gasteiger partial charge in [-0.05, 0) is 13.0 Å². The summed E-state index contributed by atoms with van der Waals surface area (Å²) >= 11 is 0. The summed E-state index contributed by atoms with van der Waals surface area (Å²) in [5.74, 6) is -0.691. The minimum Gasteiger partial charge on any atom is -0.378 e. The quantitative estimate of drug-likeness (QED) is 0.655. The highest BCUT2D eigenvalue weighted by atomic mass is 19.1. The van der Waals surface area contributed by atoms with Crippen molar-refractivity contribution < 1.29 is 9.31 Å². The maximum Gasteiger partial charge on any atom is 0.353 e. The second-order valence-electron chi connectivity index (χ2n) is 4.10. The summed E-state index contributed by atoms with van der Waals surface area (Å²) in [6.45, 7) is 1.67. The van der Waals surface area contributed by atoms with E-state index in [0.717, 1.165) is 6.33 Å². The predicted octanol–water partition coefficient (Wildman–Crippen LogP) is 2.28. The van der Waals surface area contributed by atoms with Gasteiger partial charge in [-0.25, -0.2) is 14.4 Å². The predicted molar refractivity (Wildman–Crippen MR) is 71.5 cm³/mol. The van der Waals surface area contributed by atoms with Gasteiger partial charge < -0.3 is 11.1 Å². The number of hydrogen-bond donors (Lipinski definition) is 2. The molecule has 1 aromatic carbocycles. The Balaban J connectivity index is 2.33. The van der Waals surface area contributed by atoms with E-state index in [1.807, 2.05) is 0 Å². The van der Waals surface area contributed by atoms with Crippen molar-refractivity contribution in [3.05, 3.63) is 52.1 Å². The maximum absolute atomic E-state index is 13.6. The van der Waals surface area contributed by atoms with Crippen LogP contribution in [0.25, 0.3) is 0 Å². The molecule has 1 unspecified atom stereocenters. The van der Waals surface area contributed by atoms with Crippen molar-refractivity contribution in [2.45, 2.75) is 13.0 Å². The van der Waals surface area contributed by atoms with Crippen LogP contribution in [0, 0.1) is 15.9 Å². The van der Waals surface area contributed by atoms with E-state index in [1.165, 1.54) is 6.07 Å². The van der Waals surface area contributed by atoms with Crippen LogP contribution in [0.2, 0.25) is 0 Å². The lowest BCUT2D eigenvalue weighted by molar-refractivity contribution is -0.383. The van der Waals surface area contributed by atoms with Gasteiger partial charge in [0.2, 0.25) is 11.6 Å². The molecule has 0 saturated heterocycles. The lowest BCUT2D eigenvalue weighted by Crippen LogP contribution is -2.12. The Bertz CT molecular complexity index is 649. The van der Waals surface area contributed by atoms with Crippen LogP contribution in [0.5, 0.6) is 0 Å². The number of aromatic nitrogens is 2. The molecule has 0 radical (unpaired) electrons. The van der Waals surface area contributed by atoms with Gasteiger partial charge in [0, 0.05) is 5.56 Å². The van der Waals surface area contributed by atoms with Gasteiger partial charge in [0.05, 0.1) is 11.0 Å². The molecule has 20 heavy (non-hydrogen) atoms. The number of hydrogen-bond acceptors (Lipinski definition) is 6. The van der Waals surface area contributed by atoms with Gasteiger partial charge in [0.15, 0.2) is 0 Å². The lowest BCUT2D eigenvalue weighted by Gasteiger charge is -2.15. The van der Waals surface area contributed by atoms with Gasteiger partial charge in [-0.1, -0.05) is 18.2 Å². The first-order valence-corrected chi connectivity index (χ1v) is 5.76. The highest BCUT2D eigenvalue weighted by Gasteiger charge is 2.23. The molecule has 2 aromatic rings. The van der Waals surface area contributed by atoms with Gasteiger partial charge >= 0.3 is 5.69 Å². The van der Waals surface area contributed by atoms with Crippen LogP contribution >= 0.6 is 0 Å². The fourth-order valence-electron chi connectivity index (χ4n) is 1.79. The van der Waals surface area contributed by atoms with E-state index < -0.39 is 22.5 Å². The Labute approximate surface area is 113 Å². The summed E-state index contributed by atoms with van der Waals surface area (Å²) in [6.07, 6.45) is 1.11. The molecule has 0 aliphatic carbocycles. The fourth-order valence-corrected chi connectivity index (χ4v) is 1.79. The number of rotatable bonds is 4. The number of nitrogens with one attached hydrogen (secondary N) is 1. The molecule has 0 fully saturated rings. The molecule has 2 rings (SSSR count). The number of nitrogens with two attached hydrogens (primary N) is 1. The van der Waals surface area contributed by atoms with Gasteiger partial charge in [-0.2, -0.15) is 0 Å². The highest BCUT2D eigenvalue weighted by Crippen LogP contribution is 2.29. The standard InChI is InChI=1S/C12H12FN5O2/c1-7(8-4-2-3-5-9(8)13)17-12-10(18(19)20)11(14)15-6-16-12/h2-7H,1H3,(H3,14,15,16,17). The molecule has 0 saturated carbocycles. The summed E-state index contributed by atoms with van der Waals surface area (Å²) in [5, 5.41) is 13.7. The Kier molecular flexibility index (Phi) is 3.74. The molecule has 1 heterocycles. The van der Waals surface area contributed by atoms with Crippen LogP contribution in [0.15, 0.2) is 30.6 Å². The Morgan fingerprint density at radius 1 is 1.40 bits per heavy atom. The normalized spacial score (nSPS) is 11.9. The van der Waals surface area contributed by atoms with Crippen molar-refractivity contribution in [1.29, 1.82) is 0 Å². The molecule has 7 nitrogen and oxygen atoms in total. The average molecular weight is 277 g/mol. The molecule has 0 spiro atoms. The summed E-state index contributed by atoms with van der Waals surface area (Å²) in [6, 6.07) is 5.64. The van der Waals surface area contributed by atoms with Crippen molar-refractivity contribution in [3.8, 4) is 0 Å². The smallest absolute Gasteiger partial charge is 0.353 e. The minimum atomic E-state index is -0.675. The SMILES string of the molecule is CC(Nc1ncnc(N)c1[N+](=O)[O-])c1ccccc1F. The molecular weight excluding hydrogens is 265 g/mol. The van der Waals surface area contributed by atoms with E-state index in [9.17, 15) is 14.5 Å². The fraction of sp³-hybridized carbons (Fsp3) is 0.167. The Morgan fingerprint density at radius 3 is 2.75 bits per heavy atom. The van der Waals surface area contributed by atoms with Gasteiger partial charge in [0.25, 0.3) is 0 Å². The number of nitro groups is 1. The zero-order valence-electron chi connectivity index (χ0n) is 10.6. The summed E-state index contributed by atoms with van der Waals surface area (Å²) < 4.78 is 13.6. The summed E-state index contributed by atoms with van der Waals surface area (Å²) in [5.41, 5.74) is 5.41.